The number of sulfonamides is 1. The van der Waals surface area contributed by atoms with E-state index >= 15 is 0 Å². The van der Waals surface area contributed by atoms with E-state index in [2.05, 4.69) is 4.98 Å². The van der Waals surface area contributed by atoms with E-state index in [1.807, 2.05) is 26.0 Å². The Morgan fingerprint density at radius 3 is 2.38 bits per heavy atom. The van der Waals surface area contributed by atoms with Crippen LogP contribution in [-0.2, 0) is 16.6 Å². The summed E-state index contributed by atoms with van der Waals surface area (Å²) in [5.41, 5.74) is 2.19. The molecule has 0 amide bonds. The lowest BCUT2D eigenvalue weighted by atomic mass is 10.1. The minimum absolute atomic E-state index is 0.0738. The quantitative estimate of drug-likeness (QED) is 0.395. The first-order valence-corrected chi connectivity index (χ1v) is 11.6. The predicted molar refractivity (Wildman–Crippen MR) is 122 cm³/mol. The second-order valence-electron chi connectivity index (χ2n) is 7.91. The van der Waals surface area contributed by atoms with Crippen molar-refractivity contribution in [3.8, 4) is 5.69 Å². The van der Waals surface area contributed by atoms with Crippen LogP contribution in [0.4, 0.5) is 13.2 Å². The van der Waals surface area contributed by atoms with Crippen LogP contribution >= 0.6 is 0 Å². The van der Waals surface area contributed by atoms with Gasteiger partial charge in [-0.1, -0.05) is 29.8 Å². The Morgan fingerprint density at radius 1 is 0.971 bits per heavy atom. The molecule has 0 atom stereocenters. The van der Waals surface area contributed by atoms with Crippen molar-refractivity contribution >= 4 is 20.9 Å². The molecule has 0 saturated carbocycles. The van der Waals surface area contributed by atoms with Crippen LogP contribution in [-0.4, -0.2) is 29.3 Å². The van der Waals surface area contributed by atoms with Gasteiger partial charge in [0.05, 0.1) is 23.1 Å². The number of hydrogen-bond donors (Lipinski definition) is 0. The van der Waals surface area contributed by atoms with E-state index < -0.39 is 44.5 Å². The summed E-state index contributed by atoms with van der Waals surface area (Å²) in [5.74, 6) is -5.13. The summed E-state index contributed by atoms with van der Waals surface area (Å²) in [7, 11) is -3.45. The lowest BCUT2D eigenvalue weighted by Gasteiger charge is -2.21. The fourth-order valence-corrected chi connectivity index (χ4v) is 4.93. The Balaban J connectivity index is 1.89. The van der Waals surface area contributed by atoms with Crippen molar-refractivity contribution < 1.29 is 21.6 Å². The molecular formula is C24H20F3N3O3S. The van der Waals surface area contributed by atoms with Crippen LogP contribution in [0.15, 0.2) is 64.3 Å². The van der Waals surface area contributed by atoms with Crippen molar-refractivity contribution in [3.05, 3.63) is 99.4 Å². The van der Waals surface area contributed by atoms with Gasteiger partial charge in [-0.3, -0.25) is 9.36 Å². The largest absolute Gasteiger partial charge is 0.268 e. The molecule has 0 aliphatic rings. The number of aromatic nitrogens is 2. The molecule has 10 heteroatoms. The maximum absolute atomic E-state index is 14.3. The molecule has 0 saturated heterocycles. The van der Waals surface area contributed by atoms with Crippen molar-refractivity contribution in [1.29, 1.82) is 0 Å². The van der Waals surface area contributed by atoms with Gasteiger partial charge in [0.1, 0.15) is 10.7 Å². The van der Waals surface area contributed by atoms with Crippen molar-refractivity contribution in [2.45, 2.75) is 25.3 Å². The van der Waals surface area contributed by atoms with E-state index in [0.29, 0.717) is 28.7 Å². The van der Waals surface area contributed by atoms with Crippen LogP contribution in [0, 0.1) is 31.3 Å². The fourth-order valence-electron chi connectivity index (χ4n) is 3.75. The molecule has 6 nitrogen and oxygen atoms in total. The molecule has 1 heterocycles. The second kappa shape index (κ2) is 8.69. The van der Waals surface area contributed by atoms with Gasteiger partial charge >= 0.3 is 0 Å². The van der Waals surface area contributed by atoms with Crippen LogP contribution < -0.4 is 5.56 Å². The summed E-state index contributed by atoms with van der Waals surface area (Å²) in [5, 5.41) is 0.336. The lowest BCUT2D eigenvalue weighted by Crippen LogP contribution is -2.32. The maximum atomic E-state index is 14.3. The van der Waals surface area contributed by atoms with E-state index in [0.717, 1.165) is 22.5 Å². The van der Waals surface area contributed by atoms with Gasteiger partial charge in [0.25, 0.3) is 5.56 Å². The van der Waals surface area contributed by atoms with E-state index in [1.165, 1.54) is 4.57 Å². The summed E-state index contributed by atoms with van der Waals surface area (Å²) in [6.45, 7) is 3.27. The zero-order chi connectivity index (χ0) is 24.8. The molecule has 0 spiro atoms. The molecule has 4 rings (SSSR count). The summed E-state index contributed by atoms with van der Waals surface area (Å²) in [6.07, 6.45) is 0. The normalized spacial score (nSPS) is 12.0. The highest BCUT2D eigenvalue weighted by Crippen LogP contribution is 2.24. The standard InChI is InChI=1S/C24H20F3N3O3S/c1-14-8-10-19(15(2)12-14)30-21(28-18-7-5-4-6-16(18)24(30)31)13-29(3)34(32,33)20-11-9-17(25)22(26)23(20)27/h4-12H,13H2,1-3H3. The number of benzene rings is 3. The molecule has 0 aliphatic heterocycles. The van der Waals surface area contributed by atoms with Gasteiger partial charge in [0.2, 0.25) is 10.0 Å². The first-order chi connectivity index (χ1) is 16.0. The SMILES string of the molecule is Cc1ccc(-n2c(CN(C)S(=O)(=O)c3ccc(F)c(F)c3F)nc3ccccc3c2=O)c(C)c1. The summed E-state index contributed by atoms with van der Waals surface area (Å²) in [6, 6.07) is 13.2. The summed E-state index contributed by atoms with van der Waals surface area (Å²) < 4.78 is 69.4. The van der Waals surface area contributed by atoms with Gasteiger partial charge in [-0.2, -0.15) is 4.31 Å². The first-order valence-electron chi connectivity index (χ1n) is 10.2. The molecule has 0 N–H and O–H groups in total. The molecule has 1 aromatic heterocycles. The Hall–Kier alpha value is -3.50. The number of fused-ring (bicyclic) bond motifs is 1. The van der Waals surface area contributed by atoms with Gasteiger partial charge in [-0.15, -0.1) is 0 Å². The fraction of sp³-hybridized carbons (Fsp3) is 0.167. The Labute approximate surface area is 194 Å². The van der Waals surface area contributed by atoms with Gasteiger partial charge in [-0.25, -0.2) is 26.6 Å². The molecule has 0 bridgehead atoms. The predicted octanol–water partition coefficient (Wildman–Crippen LogP) is 4.24. The molecule has 0 fully saturated rings. The highest BCUT2D eigenvalue weighted by Gasteiger charge is 2.29. The maximum Gasteiger partial charge on any atom is 0.266 e. The third-order valence-corrected chi connectivity index (χ3v) is 7.31. The smallest absolute Gasteiger partial charge is 0.266 e. The molecule has 0 unspecified atom stereocenters. The molecule has 34 heavy (non-hydrogen) atoms. The third kappa shape index (κ3) is 3.99. The van der Waals surface area contributed by atoms with E-state index in [-0.39, 0.29) is 5.82 Å². The van der Waals surface area contributed by atoms with Gasteiger partial charge < -0.3 is 0 Å². The second-order valence-corrected chi connectivity index (χ2v) is 9.92. The Morgan fingerprint density at radius 2 is 1.68 bits per heavy atom. The molecule has 0 aliphatic carbocycles. The molecule has 0 radical (unpaired) electrons. The first kappa shape index (κ1) is 23.7. The molecule has 176 valence electrons. The molecule has 3 aromatic carbocycles. The molecular weight excluding hydrogens is 467 g/mol. The summed E-state index contributed by atoms with van der Waals surface area (Å²) >= 11 is 0. The van der Waals surface area contributed by atoms with Crippen LogP contribution in [0.1, 0.15) is 17.0 Å². The van der Waals surface area contributed by atoms with Crippen LogP contribution in [0.5, 0.6) is 0 Å². The monoisotopic (exact) mass is 487 g/mol. The number of para-hydroxylation sites is 1. The zero-order valence-electron chi connectivity index (χ0n) is 18.5. The van der Waals surface area contributed by atoms with E-state index in [1.54, 1.807) is 30.3 Å². The topological polar surface area (TPSA) is 72.3 Å². The number of rotatable bonds is 5. The Kier molecular flexibility index (Phi) is 6.05. The van der Waals surface area contributed by atoms with Gasteiger partial charge in [0, 0.05) is 7.05 Å². The lowest BCUT2D eigenvalue weighted by molar-refractivity contribution is 0.418. The highest BCUT2D eigenvalue weighted by molar-refractivity contribution is 7.89. The average Bonchev–Trinajstić information content (AvgIpc) is 2.78. The van der Waals surface area contributed by atoms with Crippen LogP contribution in [0.2, 0.25) is 0 Å². The minimum Gasteiger partial charge on any atom is -0.268 e. The third-order valence-electron chi connectivity index (χ3n) is 5.49. The van der Waals surface area contributed by atoms with E-state index in [9.17, 15) is 26.4 Å². The number of hydrogen-bond acceptors (Lipinski definition) is 4. The Bertz CT molecular complexity index is 1600. The van der Waals surface area contributed by atoms with Crippen molar-refractivity contribution in [2.24, 2.45) is 0 Å². The minimum atomic E-state index is -4.59. The zero-order valence-corrected chi connectivity index (χ0v) is 19.3. The average molecular weight is 488 g/mol. The number of nitrogens with zero attached hydrogens (tertiary/aromatic N) is 3. The molecule has 4 aromatic rings. The van der Waals surface area contributed by atoms with Crippen molar-refractivity contribution in [1.82, 2.24) is 13.9 Å². The van der Waals surface area contributed by atoms with Crippen molar-refractivity contribution in [2.75, 3.05) is 7.05 Å². The summed E-state index contributed by atoms with van der Waals surface area (Å²) in [4.78, 5) is 16.9. The van der Waals surface area contributed by atoms with Crippen molar-refractivity contribution in [3.63, 3.8) is 0 Å². The highest BCUT2D eigenvalue weighted by atomic mass is 32.2. The van der Waals surface area contributed by atoms with Gasteiger partial charge in [-0.05, 0) is 49.7 Å². The van der Waals surface area contributed by atoms with E-state index in [4.69, 9.17) is 0 Å². The van der Waals surface area contributed by atoms with Crippen LogP contribution in [0.3, 0.4) is 0 Å². The van der Waals surface area contributed by atoms with Crippen LogP contribution in [0.25, 0.3) is 16.6 Å². The number of aryl methyl sites for hydroxylation is 2. The van der Waals surface area contributed by atoms with Gasteiger partial charge in [0.15, 0.2) is 17.5 Å². The number of halogens is 3.